The molecule has 0 amide bonds. The number of guanidine groups is 1. The van der Waals surface area contributed by atoms with Crippen molar-refractivity contribution in [2.75, 3.05) is 59.1 Å². The molecule has 172 valence electrons. The van der Waals surface area contributed by atoms with Gasteiger partial charge in [0.1, 0.15) is 0 Å². The molecule has 0 aromatic heterocycles. The molecule has 4 rings (SSSR count). The second kappa shape index (κ2) is 10.8. The zero-order valence-corrected chi connectivity index (χ0v) is 19.4. The Morgan fingerprint density at radius 2 is 2.03 bits per heavy atom. The number of hydrogen-bond donors (Lipinski definition) is 1. The van der Waals surface area contributed by atoms with Crippen molar-refractivity contribution in [3.8, 4) is 0 Å². The van der Waals surface area contributed by atoms with Crippen LogP contribution >= 0.6 is 0 Å². The molecule has 3 heterocycles. The maximum absolute atomic E-state index is 6.17. The standard InChI is InChI=1S/C24H39N5O2/c1-4-25-24(26-14-19(2)29-11-12-30-18-20(29)3)28-16-22-23(17-28)31-13-10-27(22)15-21-8-6-5-7-9-21/h5-9,19-20,22-23H,4,10-18H2,1-3H3,(H,25,26). The zero-order chi connectivity index (χ0) is 21.6. The Morgan fingerprint density at radius 3 is 2.81 bits per heavy atom. The van der Waals surface area contributed by atoms with E-state index < -0.39 is 0 Å². The highest BCUT2D eigenvalue weighted by Crippen LogP contribution is 2.25. The summed E-state index contributed by atoms with van der Waals surface area (Å²) in [5.41, 5.74) is 1.37. The minimum Gasteiger partial charge on any atom is -0.379 e. The number of aliphatic imine (C=N–C) groups is 1. The predicted octanol–water partition coefficient (Wildman–Crippen LogP) is 1.65. The Bertz CT molecular complexity index is 715. The van der Waals surface area contributed by atoms with Crippen LogP contribution in [0.1, 0.15) is 26.3 Å². The molecule has 1 aromatic rings. The molecule has 0 spiro atoms. The Morgan fingerprint density at radius 1 is 1.19 bits per heavy atom. The maximum atomic E-state index is 6.17. The zero-order valence-electron chi connectivity index (χ0n) is 19.4. The molecule has 31 heavy (non-hydrogen) atoms. The first-order valence-electron chi connectivity index (χ1n) is 11.9. The van der Waals surface area contributed by atoms with E-state index in [-0.39, 0.29) is 6.10 Å². The van der Waals surface area contributed by atoms with Crippen LogP contribution in [0.4, 0.5) is 0 Å². The van der Waals surface area contributed by atoms with Gasteiger partial charge in [-0.05, 0) is 26.3 Å². The van der Waals surface area contributed by atoms with Crippen molar-refractivity contribution in [2.45, 2.75) is 51.5 Å². The van der Waals surface area contributed by atoms with Crippen molar-refractivity contribution in [3.63, 3.8) is 0 Å². The summed E-state index contributed by atoms with van der Waals surface area (Å²) in [4.78, 5) is 12.6. The Hall–Kier alpha value is -1.67. The molecular formula is C24H39N5O2. The molecule has 7 heteroatoms. The number of benzene rings is 1. The molecule has 4 unspecified atom stereocenters. The first-order chi connectivity index (χ1) is 15.2. The van der Waals surface area contributed by atoms with Gasteiger partial charge in [-0.25, -0.2) is 0 Å². The summed E-state index contributed by atoms with van der Waals surface area (Å²) in [7, 11) is 0. The SMILES string of the molecule is CCNC(=NCC(C)N1CCOCC1C)N1CC2OCCN(Cc3ccccc3)C2C1. The maximum Gasteiger partial charge on any atom is 0.194 e. The van der Waals surface area contributed by atoms with Gasteiger partial charge in [-0.2, -0.15) is 0 Å². The van der Waals surface area contributed by atoms with Crippen molar-refractivity contribution in [2.24, 2.45) is 4.99 Å². The number of hydrogen-bond acceptors (Lipinski definition) is 5. The minimum absolute atomic E-state index is 0.248. The fraction of sp³-hybridized carbons (Fsp3) is 0.708. The van der Waals surface area contributed by atoms with E-state index in [4.69, 9.17) is 14.5 Å². The molecule has 3 saturated heterocycles. The first kappa shape index (κ1) is 22.5. The third-order valence-corrected chi connectivity index (χ3v) is 6.77. The largest absolute Gasteiger partial charge is 0.379 e. The Labute approximate surface area is 187 Å². The van der Waals surface area contributed by atoms with Gasteiger partial charge < -0.3 is 19.7 Å². The number of nitrogens with one attached hydrogen (secondary N) is 1. The highest BCUT2D eigenvalue weighted by Gasteiger charge is 2.41. The lowest BCUT2D eigenvalue weighted by molar-refractivity contribution is -0.0502. The fourth-order valence-electron chi connectivity index (χ4n) is 5.09. The highest BCUT2D eigenvalue weighted by molar-refractivity contribution is 5.80. The second-order valence-corrected chi connectivity index (χ2v) is 9.04. The smallest absolute Gasteiger partial charge is 0.194 e. The van der Waals surface area contributed by atoms with Crippen LogP contribution in [-0.4, -0.2) is 104 Å². The van der Waals surface area contributed by atoms with Crippen molar-refractivity contribution in [1.82, 2.24) is 20.0 Å². The van der Waals surface area contributed by atoms with Crippen LogP contribution in [0.2, 0.25) is 0 Å². The van der Waals surface area contributed by atoms with Gasteiger partial charge in [0, 0.05) is 51.4 Å². The molecule has 0 bridgehead atoms. The fourth-order valence-corrected chi connectivity index (χ4v) is 5.09. The van der Waals surface area contributed by atoms with E-state index in [0.717, 1.165) is 71.6 Å². The Balaban J connectivity index is 1.40. The molecule has 0 aliphatic carbocycles. The van der Waals surface area contributed by atoms with Crippen LogP contribution in [0.3, 0.4) is 0 Å². The predicted molar refractivity (Wildman–Crippen MR) is 124 cm³/mol. The summed E-state index contributed by atoms with van der Waals surface area (Å²) in [5, 5.41) is 3.53. The van der Waals surface area contributed by atoms with E-state index in [1.165, 1.54) is 5.56 Å². The van der Waals surface area contributed by atoms with Crippen molar-refractivity contribution >= 4 is 5.96 Å². The molecule has 3 aliphatic heterocycles. The lowest BCUT2D eigenvalue weighted by atomic mass is 10.1. The van der Waals surface area contributed by atoms with E-state index in [9.17, 15) is 0 Å². The molecule has 0 radical (unpaired) electrons. The molecule has 7 nitrogen and oxygen atoms in total. The third-order valence-electron chi connectivity index (χ3n) is 6.77. The highest BCUT2D eigenvalue weighted by atomic mass is 16.5. The van der Waals surface area contributed by atoms with Gasteiger partial charge in [0.2, 0.25) is 0 Å². The number of fused-ring (bicyclic) bond motifs is 1. The minimum atomic E-state index is 0.248. The summed E-state index contributed by atoms with van der Waals surface area (Å²) < 4.78 is 11.8. The quantitative estimate of drug-likeness (QED) is 0.548. The number of morpholine rings is 2. The number of nitrogens with zero attached hydrogens (tertiary/aromatic N) is 4. The van der Waals surface area contributed by atoms with Gasteiger partial charge in [-0.3, -0.25) is 14.8 Å². The summed E-state index contributed by atoms with van der Waals surface area (Å²) in [6.07, 6.45) is 0.248. The van der Waals surface area contributed by atoms with Crippen LogP contribution in [0.25, 0.3) is 0 Å². The summed E-state index contributed by atoms with van der Waals surface area (Å²) in [6, 6.07) is 12.0. The van der Waals surface area contributed by atoms with E-state index in [0.29, 0.717) is 18.1 Å². The van der Waals surface area contributed by atoms with Gasteiger partial charge in [0.25, 0.3) is 0 Å². The monoisotopic (exact) mass is 429 g/mol. The van der Waals surface area contributed by atoms with Crippen molar-refractivity contribution < 1.29 is 9.47 Å². The molecule has 0 saturated carbocycles. The van der Waals surface area contributed by atoms with Crippen LogP contribution in [0, 0.1) is 0 Å². The lowest BCUT2D eigenvalue weighted by Gasteiger charge is -2.37. The van der Waals surface area contributed by atoms with Gasteiger partial charge in [0.15, 0.2) is 5.96 Å². The molecule has 1 N–H and O–H groups in total. The topological polar surface area (TPSA) is 52.6 Å². The molecular weight excluding hydrogens is 390 g/mol. The normalized spacial score (nSPS) is 29.1. The first-order valence-corrected chi connectivity index (χ1v) is 11.9. The average molecular weight is 430 g/mol. The van der Waals surface area contributed by atoms with Crippen molar-refractivity contribution in [1.29, 1.82) is 0 Å². The van der Waals surface area contributed by atoms with Gasteiger partial charge in [0.05, 0.1) is 38.5 Å². The molecule has 3 fully saturated rings. The summed E-state index contributed by atoms with van der Waals surface area (Å²) in [6.45, 7) is 15.6. The van der Waals surface area contributed by atoms with Crippen LogP contribution in [-0.2, 0) is 16.0 Å². The lowest BCUT2D eigenvalue weighted by Crippen LogP contribution is -2.50. The van der Waals surface area contributed by atoms with Crippen molar-refractivity contribution in [3.05, 3.63) is 35.9 Å². The second-order valence-electron chi connectivity index (χ2n) is 9.04. The van der Waals surface area contributed by atoms with E-state index in [2.05, 4.69) is 71.1 Å². The van der Waals surface area contributed by atoms with Gasteiger partial charge in [-0.1, -0.05) is 30.3 Å². The van der Waals surface area contributed by atoms with E-state index in [1.54, 1.807) is 0 Å². The van der Waals surface area contributed by atoms with Crippen LogP contribution < -0.4 is 5.32 Å². The van der Waals surface area contributed by atoms with Crippen LogP contribution in [0.15, 0.2) is 35.3 Å². The summed E-state index contributed by atoms with van der Waals surface area (Å²) in [5.74, 6) is 1.02. The number of likely N-dealkylation sites (tertiary alicyclic amines) is 1. The molecule has 1 aromatic carbocycles. The molecule has 3 aliphatic rings. The van der Waals surface area contributed by atoms with Gasteiger partial charge >= 0.3 is 0 Å². The van der Waals surface area contributed by atoms with Gasteiger partial charge in [-0.15, -0.1) is 0 Å². The Kier molecular flexibility index (Phi) is 7.82. The van der Waals surface area contributed by atoms with E-state index >= 15 is 0 Å². The summed E-state index contributed by atoms with van der Waals surface area (Å²) >= 11 is 0. The molecule has 4 atom stereocenters. The van der Waals surface area contributed by atoms with E-state index in [1.807, 2.05) is 0 Å². The third kappa shape index (κ3) is 5.58. The number of rotatable bonds is 6. The van der Waals surface area contributed by atoms with Crippen LogP contribution in [0.5, 0.6) is 0 Å². The average Bonchev–Trinajstić information content (AvgIpc) is 3.23. The number of ether oxygens (including phenoxy) is 2.